The highest BCUT2D eigenvalue weighted by Crippen LogP contribution is 2.30. The molecule has 2 atom stereocenters. The molecular formula is C16H23Cl2N5O. The van der Waals surface area contributed by atoms with Gasteiger partial charge in [0.05, 0.1) is 0 Å². The van der Waals surface area contributed by atoms with Crippen molar-refractivity contribution in [1.29, 1.82) is 0 Å². The monoisotopic (exact) mass is 371 g/mol. The van der Waals surface area contributed by atoms with Gasteiger partial charge in [-0.2, -0.15) is 5.10 Å². The van der Waals surface area contributed by atoms with Crippen LogP contribution < -0.4 is 11.1 Å². The van der Waals surface area contributed by atoms with Crippen LogP contribution in [-0.2, 0) is 11.3 Å². The zero-order valence-electron chi connectivity index (χ0n) is 13.3. The highest BCUT2D eigenvalue weighted by atomic mass is 35.5. The molecule has 0 aliphatic heterocycles. The second kappa shape index (κ2) is 9.61. The minimum atomic E-state index is 0. The summed E-state index contributed by atoms with van der Waals surface area (Å²) in [5.74, 6) is 1.26. The zero-order chi connectivity index (χ0) is 15.4. The lowest BCUT2D eigenvalue weighted by atomic mass is 9.95. The second-order valence-corrected chi connectivity index (χ2v) is 5.72. The van der Waals surface area contributed by atoms with E-state index in [0.29, 0.717) is 19.0 Å². The van der Waals surface area contributed by atoms with Crippen molar-refractivity contribution in [1.82, 2.24) is 20.1 Å². The lowest BCUT2D eigenvalue weighted by Gasteiger charge is -2.17. The van der Waals surface area contributed by atoms with Crippen molar-refractivity contribution in [3.63, 3.8) is 0 Å². The number of hydrogen-bond donors (Lipinski definition) is 2. The molecule has 3 N–H and O–H groups in total. The molecule has 132 valence electrons. The first-order chi connectivity index (χ1) is 10.8. The third-order valence-electron chi connectivity index (χ3n) is 4.31. The molecule has 2 aromatic rings. The fourth-order valence-corrected chi connectivity index (χ4v) is 3.08. The molecule has 2 aromatic heterocycles. The molecule has 3 rings (SSSR count). The summed E-state index contributed by atoms with van der Waals surface area (Å²) < 4.78 is 1.70. The Bertz CT molecular complexity index is 635. The quantitative estimate of drug-likeness (QED) is 0.842. The van der Waals surface area contributed by atoms with Crippen molar-refractivity contribution in [3.05, 3.63) is 42.4 Å². The summed E-state index contributed by atoms with van der Waals surface area (Å²) in [5.41, 5.74) is 6.76. The van der Waals surface area contributed by atoms with E-state index in [2.05, 4.69) is 15.4 Å². The first-order valence-electron chi connectivity index (χ1n) is 7.70. The molecule has 2 heterocycles. The van der Waals surface area contributed by atoms with Crippen LogP contribution in [0.2, 0.25) is 0 Å². The van der Waals surface area contributed by atoms with Gasteiger partial charge in [-0.1, -0.05) is 6.42 Å². The van der Waals surface area contributed by atoms with Crippen LogP contribution in [0.1, 0.15) is 24.8 Å². The number of aromatic nitrogens is 3. The number of nitrogens with two attached hydrogens (primary N) is 1. The van der Waals surface area contributed by atoms with Crippen LogP contribution in [0.4, 0.5) is 0 Å². The van der Waals surface area contributed by atoms with Gasteiger partial charge in [0.15, 0.2) is 5.82 Å². The average Bonchev–Trinajstić information content (AvgIpc) is 3.23. The third kappa shape index (κ3) is 4.69. The summed E-state index contributed by atoms with van der Waals surface area (Å²) in [6.07, 6.45) is 8.39. The van der Waals surface area contributed by atoms with Gasteiger partial charge in [0.1, 0.15) is 0 Å². The van der Waals surface area contributed by atoms with Gasteiger partial charge < -0.3 is 11.1 Å². The molecule has 0 unspecified atom stereocenters. The van der Waals surface area contributed by atoms with E-state index in [0.717, 1.165) is 30.6 Å². The smallest absolute Gasteiger partial charge is 0.223 e. The SMILES string of the molecule is Cl.Cl.NC[C@H]1CCC[C@H]1C(=O)NCc1ccnc(-n2cccn2)c1. The topological polar surface area (TPSA) is 85.8 Å². The Balaban J connectivity index is 0.00000144. The summed E-state index contributed by atoms with van der Waals surface area (Å²) in [7, 11) is 0. The van der Waals surface area contributed by atoms with Crippen LogP contribution in [0.5, 0.6) is 0 Å². The first kappa shape index (κ1) is 20.4. The standard InChI is InChI=1S/C16H21N5O.2ClH/c17-10-13-3-1-4-14(13)16(22)19-11-12-5-7-18-15(9-12)21-8-2-6-20-21;;/h2,5-9,13-14H,1,3-4,10-11,17H2,(H,19,22);2*1H/t13-,14-;;/m1../s1. The Morgan fingerprint density at radius 1 is 1.33 bits per heavy atom. The van der Waals surface area contributed by atoms with Crippen LogP contribution in [0.3, 0.4) is 0 Å². The number of nitrogens with one attached hydrogen (secondary N) is 1. The summed E-state index contributed by atoms with van der Waals surface area (Å²) in [5, 5.41) is 7.19. The Hall–Kier alpha value is -1.63. The van der Waals surface area contributed by atoms with Crippen molar-refractivity contribution >= 4 is 30.7 Å². The maximum absolute atomic E-state index is 12.3. The van der Waals surface area contributed by atoms with E-state index < -0.39 is 0 Å². The molecule has 1 fully saturated rings. The minimum absolute atomic E-state index is 0. The number of rotatable bonds is 5. The molecule has 0 bridgehead atoms. The molecular weight excluding hydrogens is 349 g/mol. The number of carbonyl (C=O) groups is 1. The molecule has 1 amide bonds. The van der Waals surface area contributed by atoms with Crippen LogP contribution in [-0.4, -0.2) is 27.2 Å². The maximum Gasteiger partial charge on any atom is 0.223 e. The van der Waals surface area contributed by atoms with Gasteiger partial charge in [-0.25, -0.2) is 9.67 Å². The minimum Gasteiger partial charge on any atom is -0.352 e. The van der Waals surface area contributed by atoms with E-state index in [4.69, 9.17) is 5.73 Å². The average molecular weight is 372 g/mol. The summed E-state index contributed by atoms with van der Waals surface area (Å²) in [4.78, 5) is 16.6. The van der Waals surface area contributed by atoms with Gasteiger partial charge in [-0.15, -0.1) is 24.8 Å². The van der Waals surface area contributed by atoms with E-state index in [1.54, 1.807) is 17.1 Å². The van der Waals surface area contributed by atoms with Crippen molar-refractivity contribution in [3.8, 4) is 5.82 Å². The third-order valence-corrected chi connectivity index (χ3v) is 4.31. The van der Waals surface area contributed by atoms with Gasteiger partial charge in [0.2, 0.25) is 5.91 Å². The Morgan fingerprint density at radius 3 is 2.88 bits per heavy atom. The Kier molecular flexibility index (Phi) is 8.18. The predicted octanol–water partition coefficient (Wildman–Crippen LogP) is 2.10. The molecule has 0 spiro atoms. The number of pyridine rings is 1. The predicted molar refractivity (Wildman–Crippen MR) is 97.6 cm³/mol. The Morgan fingerprint density at radius 2 is 2.17 bits per heavy atom. The molecule has 1 aliphatic carbocycles. The molecule has 0 saturated heterocycles. The largest absolute Gasteiger partial charge is 0.352 e. The zero-order valence-corrected chi connectivity index (χ0v) is 14.9. The highest BCUT2D eigenvalue weighted by molar-refractivity contribution is 5.85. The number of hydrogen-bond acceptors (Lipinski definition) is 4. The van der Waals surface area contributed by atoms with Gasteiger partial charge >= 0.3 is 0 Å². The molecule has 24 heavy (non-hydrogen) atoms. The van der Waals surface area contributed by atoms with E-state index in [1.165, 1.54) is 0 Å². The van der Waals surface area contributed by atoms with Crippen molar-refractivity contribution < 1.29 is 4.79 Å². The van der Waals surface area contributed by atoms with Crippen LogP contribution in [0.25, 0.3) is 5.82 Å². The van der Waals surface area contributed by atoms with Gasteiger partial charge in [-0.05, 0) is 49.1 Å². The summed E-state index contributed by atoms with van der Waals surface area (Å²) in [6, 6.07) is 5.69. The van der Waals surface area contributed by atoms with Gasteiger partial charge in [0, 0.05) is 31.1 Å². The fraction of sp³-hybridized carbons (Fsp3) is 0.438. The molecule has 1 saturated carbocycles. The lowest BCUT2D eigenvalue weighted by Crippen LogP contribution is -2.34. The first-order valence-corrected chi connectivity index (χ1v) is 7.70. The lowest BCUT2D eigenvalue weighted by molar-refractivity contribution is -0.126. The van der Waals surface area contributed by atoms with Crippen LogP contribution >= 0.6 is 24.8 Å². The number of halogens is 2. The molecule has 0 radical (unpaired) electrons. The summed E-state index contributed by atoms with van der Waals surface area (Å²) in [6.45, 7) is 1.10. The maximum atomic E-state index is 12.3. The van der Waals surface area contributed by atoms with E-state index in [1.807, 2.05) is 24.4 Å². The van der Waals surface area contributed by atoms with E-state index in [9.17, 15) is 4.79 Å². The highest BCUT2D eigenvalue weighted by Gasteiger charge is 2.31. The van der Waals surface area contributed by atoms with Crippen LogP contribution in [0.15, 0.2) is 36.8 Å². The normalized spacial score (nSPS) is 19.2. The fourth-order valence-electron chi connectivity index (χ4n) is 3.08. The Labute approximate surface area is 154 Å². The number of nitrogens with zero attached hydrogens (tertiary/aromatic N) is 3. The summed E-state index contributed by atoms with van der Waals surface area (Å²) >= 11 is 0. The number of amides is 1. The number of carbonyl (C=O) groups excluding carboxylic acids is 1. The molecule has 8 heteroatoms. The molecule has 6 nitrogen and oxygen atoms in total. The van der Waals surface area contributed by atoms with E-state index >= 15 is 0 Å². The van der Waals surface area contributed by atoms with Crippen molar-refractivity contribution in [2.45, 2.75) is 25.8 Å². The van der Waals surface area contributed by atoms with Crippen molar-refractivity contribution in [2.75, 3.05) is 6.54 Å². The van der Waals surface area contributed by atoms with Gasteiger partial charge in [0.25, 0.3) is 0 Å². The van der Waals surface area contributed by atoms with Crippen molar-refractivity contribution in [2.24, 2.45) is 17.6 Å². The second-order valence-electron chi connectivity index (χ2n) is 5.72. The molecule has 0 aromatic carbocycles. The van der Waals surface area contributed by atoms with E-state index in [-0.39, 0.29) is 36.6 Å². The van der Waals surface area contributed by atoms with Crippen LogP contribution in [0, 0.1) is 11.8 Å². The molecule has 1 aliphatic rings. The van der Waals surface area contributed by atoms with Gasteiger partial charge in [-0.3, -0.25) is 4.79 Å².